The molecule has 2 aromatic carbocycles. The van der Waals surface area contributed by atoms with Gasteiger partial charge in [-0.15, -0.1) is 0 Å². The van der Waals surface area contributed by atoms with Crippen molar-refractivity contribution in [3.8, 4) is 0 Å². The normalized spacial score (nSPS) is 17.1. The summed E-state index contributed by atoms with van der Waals surface area (Å²) in [5.74, 6) is -1.20. The fourth-order valence-electron chi connectivity index (χ4n) is 4.25. The van der Waals surface area contributed by atoms with Gasteiger partial charge in [-0.3, -0.25) is 24.1 Å². The fourth-order valence-corrected chi connectivity index (χ4v) is 4.25. The van der Waals surface area contributed by atoms with Crippen LogP contribution in [0.3, 0.4) is 0 Å². The van der Waals surface area contributed by atoms with Crippen LogP contribution in [-0.2, 0) is 27.1 Å². The van der Waals surface area contributed by atoms with E-state index in [9.17, 15) is 32.3 Å². The average Bonchev–Trinajstić information content (AvgIpc) is 3.16. The molecule has 0 bridgehead atoms. The minimum Gasteiger partial charge on any atom is -0.339 e. The molecule has 0 atom stereocenters. The number of benzene rings is 2. The fraction of sp³-hybridized carbons (Fsp3) is 0.360. The number of anilines is 1. The van der Waals surface area contributed by atoms with E-state index in [0.29, 0.717) is 31.6 Å². The Balaban J connectivity index is 1.27. The zero-order chi connectivity index (χ0) is 25.2. The second kappa shape index (κ2) is 9.89. The molecule has 0 unspecified atom stereocenters. The molecule has 4 amide bonds. The molecule has 0 saturated carbocycles. The molecule has 0 radical (unpaired) electrons. The third-order valence-corrected chi connectivity index (χ3v) is 6.33. The second-order valence-corrected chi connectivity index (χ2v) is 8.70. The Labute approximate surface area is 199 Å². The Morgan fingerprint density at radius 2 is 1.46 bits per heavy atom. The van der Waals surface area contributed by atoms with Crippen LogP contribution >= 0.6 is 0 Å². The van der Waals surface area contributed by atoms with Gasteiger partial charge in [0.05, 0.1) is 12.1 Å². The summed E-state index contributed by atoms with van der Waals surface area (Å²) in [5, 5.41) is 2.85. The van der Waals surface area contributed by atoms with Gasteiger partial charge in [0.15, 0.2) is 0 Å². The van der Waals surface area contributed by atoms with Crippen molar-refractivity contribution >= 4 is 29.3 Å². The summed E-state index contributed by atoms with van der Waals surface area (Å²) in [7, 11) is 0. The van der Waals surface area contributed by atoms with Crippen molar-refractivity contribution in [3.63, 3.8) is 0 Å². The van der Waals surface area contributed by atoms with Crippen molar-refractivity contribution in [2.24, 2.45) is 5.92 Å². The molecule has 2 aliphatic rings. The van der Waals surface area contributed by atoms with Crippen molar-refractivity contribution < 1.29 is 32.3 Å². The van der Waals surface area contributed by atoms with E-state index in [1.807, 2.05) is 0 Å². The number of nitrogens with zero attached hydrogens (tertiary/aromatic N) is 2. The van der Waals surface area contributed by atoms with Crippen LogP contribution in [0.2, 0.25) is 0 Å². The SMILES string of the molecule is O=C(Nc1ccc(CN2C(=O)CCC2=O)cc1)C1CCN(C(=O)c2ccc(C(F)(F)F)cc2)CC1. The minimum atomic E-state index is -4.46. The van der Waals surface area contributed by atoms with Crippen LogP contribution in [0, 0.1) is 5.92 Å². The van der Waals surface area contributed by atoms with Crippen molar-refractivity contribution in [3.05, 3.63) is 65.2 Å². The number of carbonyl (C=O) groups excluding carboxylic acids is 4. The number of hydrogen-bond donors (Lipinski definition) is 1. The molecule has 10 heteroatoms. The zero-order valence-corrected chi connectivity index (χ0v) is 18.8. The Kier molecular flexibility index (Phi) is 6.90. The van der Waals surface area contributed by atoms with Gasteiger partial charge in [0.2, 0.25) is 17.7 Å². The number of alkyl halides is 3. The lowest BCUT2D eigenvalue weighted by atomic mass is 9.95. The maximum atomic E-state index is 12.7. The van der Waals surface area contributed by atoms with E-state index in [-0.39, 0.29) is 54.5 Å². The van der Waals surface area contributed by atoms with Gasteiger partial charge in [0.25, 0.3) is 5.91 Å². The third kappa shape index (κ3) is 5.70. The largest absolute Gasteiger partial charge is 0.416 e. The lowest BCUT2D eigenvalue weighted by Crippen LogP contribution is -2.41. The van der Waals surface area contributed by atoms with Gasteiger partial charge in [-0.05, 0) is 54.8 Å². The molecule has 2 saturated heterocycles. The van der Waals surface area contributed by atoms with Crippen LogP contribution in [0.25, 0.3) is 0 Å². The van der Waals surface area contributed by atoms with Gasteiger partial charge in [-0.2, -0.15) is 13.2 Å². The molecule has 2 heterocycles. The highest BCUT2D eigenvalue weighted by Crippen LogP contribution is 2.29. The average molecular weight is 487 g/mol. The number of amides is 4. The highest BCUT2D eigenvalue weighted by molar-refractivity contribution is 6.01. The van der Waals surface area contributed by atoms with E-state index < -0.39 is 11.7 Å². The number of likely N-dealkylation sites (tertiary alicyclic amines) is 2. The van der Waals surface area contributed by atoms with E-state index in [1.54, 1.807) is 29.2 Å². The van der Waals surface area contributed by atoms with E-state index in [1.165, 1.54) is 17.0 Å². The minimum absolute atomic E-state index is 0.177. The maximum absolute atomic E-state index is 12.7. The van der Waals surface area contributed by atoms with Gasteiger partial charge >= 0.3 is 6.18 Å². The summed E-state index contributed by atoms with van der Waals surface area (Å²) in [6.07, 6.45) is -3.10. The van der Waals surface area contributed by atoms with Gasteiger partial charge in [0, 0.05) is 43.1 Å². The molecule has 2 aromatic rings. The van der Waals surface area contributed by atoms with Crippen molar-refractivity contribution in [1.82, 2.24) is 9.80 Å². The molecule has 2 aliphatic heterocycles. The van der Waals surface area contributed by atoms with E-state index in [0.717, 1.165) is 17.7 Å². The predicted molar refractivity (Wildman–Crippen MR) is 120 cm³/mol. The maximum Gasteiger partial charge on any atom is 0.416 e. The quantitative estimate of drug-likeness (QED) is 0.650. The molecule has 0 aliphatic carbocycles. The number of rotatable bonds is 5. The summed E-state index contributed by atoms with van der Waals surface area (Å²) in [5.41, 5.74) is 0.733. The third-order valence-electron chi connectivity index (χ3n) is 6.33. The smallest absolute Gasteiger partial charge is 0.339 e. The van der Waals surface area contributed by atoms with Crippen LogP contribution in [0.4, 0.5) is 18.9 Å². The number of imide groups is 1. The standard InChI is InChI=1S/C25H24F3N3O4/c26-25(27,28)19-5-3-18(4-6-19)24(35)30-13-11-17(12-14-30)23(34)29-20-7-1-16(2-8-20)15-31-21(32)9-10-22(31)33/h1-8,17H,9-15H2,(H,29,34). The predicted octanol–water partition coefficient (Wildman–Crippen LogP) is 3.85. The molecule has 2 fully saturated rings. The van der Waals surface area contributed by atoms with E-state index in [2.05, 4.69) is 5.32 Å². The number of carbonyl (C=O) groups is 4. The molecule has 1 N–H and O–H groups in total. The Morgan fingerprint density at radius 3 is 2.00 bits per heavy atom. The van der Waals surface area contributed by atoms with Gasteiger partial charge in [-0.25, -0.2) is 0 Å². The highest BCUT2D eigenvalue weighted by Gasteiger charge is 2.32. The first kappa shape index (κ1) is 24.4. The van der Waals surface area contributed by atoms with Crippen LogP contribution in [0.15, 0.2) is 48.5 Å². The molecule has 7 nitrogen and oxygen atoms in total. The number of piperidine rings is 1. The molecule has 35 heavy (non-hydrogen) atoms. The van der Waals surface area contributed by atoms with E-state index >= 15 is 0 Å². The molecule has 0 aromatic heterocycles. The van der Waals surface area contributed by atoms with Crippen LogP contribution < -0.4 is 5.32 Å². The summed E-state index contributed by atoms with van der Waals surface area (Å²) in [6.45, 7) is 0.862. The van der Waals surface area contributed by atoms with E-state index in [4.69, 9.17) is 0 Å². The first-order valence-electron chi connectivity index (χ1n) is 11.3. The summed E-state index contributed by atoms with van der Waals surface area (Å²) in [4.78, 5) is 51.6. The van der Waals surface area contributed by atoms with Crippen molar-refractivity contribution in [2.75, 3.05) is 18.4 Å². The summed E-state index contributed by atoms with van der Waals surface area (Å²) in [6, 6.07) is 11.0. The molecular formula is C25H24F3N3O4. The Bertz CT molecular complexity index is 1110. The number of nitrogens with one attached hydrogen (secondary N) is 1. The Hall–Kier alpha value is -3.69. The lowest BCUT2D eigenvalue weighted by Gasteiger charge is -2.31. The summed E-state index contributed by atoms with van der Waals surface area (Å²) < 4.78 is 38.2. The molecular weight excluding hydrogens is 463 g/mol. The second-order valence-electron chi connectivity index (χ2n) is 8.70. The van der Waals surface area contributed by atoms with Gasteiger partial charge in [-0.1, -0.05) is 12.1 Å². The number of halogens is 3. The molecule has 0 spiro atoms. The first-order chi connectivity index (χ1) is 16.6. The van der Waals surface area contributed by atoms with Gasteiger partial charge < -0.3 is 10.2 Å². The highest BCUT2D eigenvalue weighted by atomic mass is 19.4. The zero-order valence-electron chi connectivity index (χ0n) is 18.8. The summed E-state index contributed by atoms with van der Waals surface area (Å²) >= 11 is 0. The van der Waals surface area contributed by atoms with Crippen LogP contribution in [0.5, 0.6) is 0 Å². The van der Waals surface area contributed by atoms with Crippen LogP contribution in [0.1, 0.15) is 47.2 Å². The molecule has 4 rings (SSSR count). The van der Waals surface area contributed by atoms with Crippen molar-refractivity contribution in [1.29, 1.82) is 0 Å². The van der Waals surface area contributed by atoms with Crippen LogP contribution in [-0.4, -0.2) is 46.5 Å². The first-order valence-corrected chi connectivity index (χ1v) is 11.3. The topological polar surface area (TPSA) is 86.8 Å². The Morgan fingerprint density at radius 1 is 0.886 bits per heavy atom. The lowest BCUT2D eigenvalue weighted by molar-refractivity contribution is -0.139. The molecule has 184 valence electrons. The number of hydrogen-bond acceptors (Lipinski definition) is 4. The van der Waals surface area contributed by atoms with Gasteiger partial charge in [0.1, 0.15) is 0 Å². The van der Waals surface area contributed by atoms with Crippen molar-refractivity contribution in [2.45, 2.75) is 38.4 Å². The monoisotopic (exact) mass is 487 g/mol.